The number of carbonyl (C=O) groups excluding carboxylic acids is 2. The van der Waals surface area contributed by atoms with Crippen LogP contribution >= 0.6 is 0 Å². The number of guanidine groups is 1. The fourth-order valence-electron chi connectivity index (χ4n) is 4.59. The zero-order valence-electron chi connectivity index (χ0n) is 24.5. The van der Waals surface area contributed by atoms with E-state index in [-0.39, 0.29) is 29.2 Å². The van der Waals surface area contributed by atoms with Gasteiger partial charge in [-0.25, -0.2) is 0 Å². The first-order chi connectivity index (χ1) is 18.1. The molecule has 2 rings (SSSR count). The maximum absolute atomic E-state index is 13.9. The third-order valence-electron chi connectivity index (χ3n) is 7.19. The van der Waals surface area contributed by atoms with Crippen LogP contribution < -0.4 is 28.3 Å². The number of benzene rings is 2. The molecule has 39 heavy (non-hydrogen) atoms. The lowest BCUT2D eigenvalue weighted by molar-refractivity contribution is -0.134. The molecule has 8 heteroatoms. The van der Waals surface area contributed by atoms with Crippen molar-refractivity contribution in [2.24, 2.45) is 33.3 Å². The summed E-state index contributed by atoms with van der Waals surface area (Å²) in [6.45, 7) is 13.4. The highest BCUT2D eigenvalue weighted by atomic mass is 16.2. The van der Waals surface area contributed by atoms with Crippen LogP contribution in [0.5, 0.6) is 0 Å². The van der Waals surface area contributed by atoms with E-state index >= 15 is 0 Å². The van der Waals surface area contributed by atoms with Crippen LogP contribution in [-0.4, -0.2) is 36.9 Å². The van der Waals surface area contributed by atoms with Gasteiger partial charge in [-0.2, -0.15) is 0 Å². The maximum Gasteiger partial charge on any atom is 0.240 e. The number of aliphatic imine (C=N–C) groups is 1. The average Bonchev–Trinajstić information content (AvgIpc) is 2.84. The number of hydrogen-bond donors (Lipinski definition) is 5. The smallest absolute Gasteiger partial charge is 0.240 e. The van der Waals surface area contributed by atoms with Crippen molar-refractivity contribution in [3.05, 3.63) is 70.8 Å². The Hall–Kier alpha value is -3.39. The molecule has 0 saturated carbocycles. The van der Waals surface area contributed by atoms with Crippen LogP contribution in [0.25, 0.3) is 0 Å². The molecule has 9 N–H and O–H groups in total. The van der Waals surface area contributed by atoms with E-state index in [0.717, 1.165) is 11.1 Å². The van der Waals surface area contributed by atoms with E-state index < -0.39 is 17.4 Å². The van der Waals surface area contributed by atoms with Gasteiger partial charge in [-0.05, 0) is 58.8 Å². The summed E-state index contributed by atoms with van der Waals surface area (Å²) >= 11 is 0. The van der Waals surface area contributed by atoms with Crippen molar-refractivity contribution in [1.82, 2.24) is 5.32 Å². The fourth-order valence-corrected chi connectivity index (χ4v) is 4.59. The van der Waals surface area contributed by atoms with Gasteiger partial charge in [-0.15, -0.1) is 0 Å². The van der Waals surface area contributed by atoms with Crippen LogP contribution in [-0.2, 0) is 33.3 Å². The number of primary amides is 1. The predicted octanol–water partition coefficient (Wildman–Crippen LogP) is 3.04. The minimum absolute atomic E-state index is 0.0168. The molecule has 8 nitrogen and oxygen atoms in total. The summed E-state index contributed by atoms with van der Waals surface area (Å²) in [6, 6.07) is 15.8. The van der Waals surface area contributed by atoms with E-state index in [1.54, 1.807) is 0 Å². The molecule has 0 saturated heterocycles. The molecule has 0 aliphatic carbocycles. The van der Waals surface area contributed by atoms with Crippen LogP contribution in [0.1, 0.15) is 76.6 Å². The van der Waals surface area contributed by atoms with Gasteiger partial charge < -0.3 is 28.3 Å². The first kappa shape index (κ1) is 31.8. The lowest BCUT2D eigenvalue weighted by Gasteiger charge is -2.33. The molecule has 0 aromatic heterocycles. The molecule has 0 aliphatic heterocycles. The molecule has 2 aromatic carbocycles. The predicted molar refractivity (Wildman–Crippen MR) is 160 cm³/mol. The summed E-state index contributed by atoms with van der Waals surface area (Å²) in [5.74, 6) is -0.926. The molecule has 0 heterocycles. The highest BCUT2D eigenvalue weighted by Gasteiger charge is 2.39. The average molecular weight is 537 g/mol. The molecule has 0 spiro atoms. The summed E-state index contributed by atoms with van der Waals surface area (Å²) in [6.07, 6.45) is 1.64. The van der Waals surface area contributed by atoms with Gasteiger partial charge in [0.15, 0.2) is 5.96 Å². The van der Waals surface area contributed by atoms with E-state index in [1.165, 1.54) is 11.1 Å². The zero-order valence-corrected chi connectivity index (χ0v) is 24.5. The summed E-state index contributed by atoms with van der Waals surface area (Å²) in [5.41, 5.74) is 26.3. The Kier molecular flexibility index (Phi) is 10.7. The monoisotopic (exact) mass is 536 g/mol. The van der Waals surface area contributed by atoms with E-state index in [4.69, 9.17) is 22.9 Å². The first-order valence-electron chi connectivity index (χ1n) is 13.6. The summed E-state index contributed by atoms with van der Waals surface area (Å²) < 4.78 is 0. The molecule has 2 amide bonds. The number of nitrogens with two attached hydrogens (primary N) is 4. The summed E-state index contributed by atoms with van der Waals surface area (Å²) in [7, 11) is 0. The lowest BCUT2D eigenvalue weighted by atomic mass is 9.74. The molecule has 0 radical (unpaired) electrons. The Morgan fingerprint density at radius 1 is 0.795 bits per heavy atom. The van der Waals surface area contributed by atoms with Gasteiger partial charge >= 0.3 is 0 Å². The topological polar surface area (TPSA) is 163 Å². The van der Waals surface area contributed by atoms with Crippen LogP contribution in [0.4, 0.5) is 0 Å². The van der Waals surface area contributed by atoms with Crippen molar-refractivity contribution in [2.45, 2.75) is 84.1 Å². The van der Waals surface area contributed by atoms with Gasteiger partial charge in [-0.3, -0.25) is 14.6 Å². The van der Waals surface area contributed by atoms with Crippen molar-refractivity contribution in [2.75, 3.05) is 13.1 Å². The Morgan fingerprint density at radius 2 is 1.23 bits per heavy atom. The van der Waals surface area contributed by atoms with Crippen molar-refractivity contribution in [3.63, 3.8) is 0 Å². The third-order valence-corrected chi connectivity index (χ3v) is 7.19. The number of nitrogens with zero attached hydrogens (tertiary/aromatic N) is 1. The standard InChI is InChI=1S/C31H48N6O2/c1-29(2,3)23-13-9-21(10-14-23)18-31(20-32,19-22-11-15-24(16-12-22)30(4,5)6)27(39)37-25(26(33)38)8-7-17-36-28(34)35/h9-16,25H,7-8,17-20,32H2,1-6H3,(H2,33,38)(H,37,39)(H4,34,35,36)/t25-/m0/s1. The minimum atomic E-state index is -0.986. The van der Waals surface area contributed by atoms with Crippen LogP contribution in [0.2, 0.25) is 0 Å². The minimum Gasteiger partial charge on any atom is -0.370 e. The van der Waals surface area contributed by atoms with Crippen molar-refractivity contribution in [3.8, 4) is 0 Å². The highest BCUT2D eigenvalue weighted by molar-refractivity contribution is 5.90. The molecule has 0 bridgehead atoms. The zero-order chi connectivity index (χ0) is 29.4. The maximum atomic E-state index is 13.9. The molecule has 2 aromatic rings. The molecular weight excluding hydrogens is 488 g/mol. The van der Waals surface area contributed by atoms with E-state index in [0.29, 0.717) is 32.2 Å². The van der Waals surface area contributed by atoms with Gasteiger partial charge in [0.2, 0.25) is 11.8 Å². The van der Waals surface area contributed by atoms with Crippen LogP contribution in [0.3, 0.4) is 0 Å². The number of nitrogens with one attached hydrogen (secondary N) is 1. The Morgan fingerprint density at radius 3 is 1.56 bits per heavy atom. The van der Waals surface area contributed by atoms with Crippen LogP contribution in [0.15, 0.2) is 53.5 Å². The van der Waals surface area contributed by atoms with Gasteiger partial charge in [0.05, 0.1) is 5.41 Å². The van der Waals surface area contributed by atoms with Gasteiger partial charge in [0, 0.05) is 13.1 Å². The molecule has 1 atom stereocenters. The van der Waals surface area contributed by atoms with Gasteiger partial charge in [-0.1, -0.05) is 90.1 Å². The molecule has 0 unspecified atom stereocenters. The van der Waals surface area contributed by atoms with E-state index in [1.807, 2.05) is 0 Å². The Bertz CT molecular complexity index is 1060. The van der Waals surface area contributed by atoms with Gasteiger partial charge in [0.1, 0.15) is 6.04 Å². The second-order valence-electron chi connectivity index (χ2n) is 12.6. The largest absolute Gasteiger partial charge is 0.370 e. The second-order valence-corrected chi connectivity index (χ2v) is 12.6. The van der Waals surface area contributed by atoms with Crippen LogP contribution in [0, 0.1) is 5.41 Å². The normalized spacial score (nSPS) is 13.0. The highest BCUT2D eigenvalue weighted by Crippen LogP contribution is 2.31. The number of hydrogen-bond acceptors (Lipinski definition) is 4. The Labute approximate surface area is 234 Å². The second kappa shape index (κ2) is 13.1. The van der Waals surface area contributed by atoms with Crippen molar-refractivity contribution < 1.29 is 9.59 Å². The number of carbonyl (C=O) groups is 2. The third kappa shape index (κ3) is 9.39. The molecular formula is C31H48N6O2. The van der Waals surface area contributed by atoms with Gasteiger partial charge in [0.25, 0.3) is 0 Å². The number of rotatable bonds is 12. The summed E-state index contributed by atoms with van der Waals surface area (Å²) in [4.78, 5) is 30.1. The van der Waals surface area contributed by atoms with Crippen molar-refractivity contribution >= 4 is 17.8 Å². The lowest BCUT2D eigenvalue weighted by Crippen LogP contribution is -2.54. The molecule has 0 aliphatic rings. The van der Waals surface area contributed by atoms with E-state index in [9.17, 15) is 9.59 Å². The first-order valence-corrected chi connectivity index (χ1v) is 13.6. The Balaban J connectivity index is 2.40. The number of amides is 2. The van der Waals surface area contributed by atoms with E-state index in [2.05, 4.69) is 100 Å². The molecule has 214 valence electrons. The molecule has 0 fully saturated rings. The summed E-state index contributed by atoms with van der Waals surface area (Å²) in [5, 5.41) is 2.90. The SMILES string of the molecule is CC(C)(C)c1ccc(CC(CN)(Cc2ccc(C(C)(C)C)cc2)C(=O)N[C@@H](CCCN=C(N)N)C(N)=O)cc1. The fraction of sp³-hybridized carbons (Fsp3) is 0.516. The quantitative estimate of drug-likeness (QED) is 0.160. The van der Waals surface area contributed by atoms with Crippen molar-refractivity contribution in [1.29, 1.82) is 0 Å².